The van der Waals surface area contributed by atoms with E-state index in [0.29, 0.717) is 49.7 Å². The Labute approximate surface area is 222 Å². The maximum Gasteiger partial charge on any atom is 0.328 e. The van der Waals surface area contributed by atoms with Crippen LogP contribution < -0.4 is 30.8 Å². The molecule has 0 saturated carbocycles. The smallest absolute Gasteiger partial charge is 0.328 e. The normalized spacial score (nSPS) is 13.5. The number of nitrogens with two attached hydrogens (primary N) is 1. The average molecular weight is 573 g/mol. The van der Waals surface area contributed by atoms with Crippen LogP contribution in [0.5, 0.6) is 17.5 Å². The van der Waals surface area contributed by atoms with Gasteiger partial charge in [-0.25, -0.2) is 0 Å². The van der Waals surface area contributed by atoms with Crippen LogP contribution in [0.4, 0.5) is 17.6 Å². The lowest BCUT2D eigenvalue weighted by atomic mass is 10.2. The highest BCUT2D eigenvalue weighted by atomic mass is 79.9. The highest BCUT2D eigenvalue weighted by molar-refractivity contribution is 9.10. The minimum atomic E-state index is 0.0751. The number of benzene rings is 2. The van der Waals surface area contributed by atoms with Gasteiger partial charge in [0.15, 0.2) is 16.6 Å². The van der Waals surface area contributed by atoms with Crippen LogP contribution in [0.1, 0.15) is 11.1 Å². The molecular weight excluding hydrogens is 548 g/mol. The quantitative estimate of drug-likeness (QED) is 0.208. The SMILES string of the molecule is COc1cc(/C=N\NC(N)=S)ccc1Oc1nc(Nc2ccc(C)cc2Br)nc(N2CCOCC2)n1. The van der Waals surface area contributed by atoms with Gasteiger partial charge in [0, 0.05) is 17.6 Å². The molecule has 13 heteroatoms. The Kier molecular flexibility index (Phi) is 8.46. The van der Waals surface area contributed by atoms with E-state index in [2.05, 4.69) is 46.7 Å². The van der Waals surface area contributed by atoms with Gasteiger partial charge in [0.05, 0.1) is 32.2 Å². The van der Waals surface area contributed by atoms with Gasteiger partial charge < -0.3 is 30.2 Å². The molecule has 0 amide bonds. The summed E-state index contributed by atoms with van der Waals surface area (Å²) in [6, 6.07) is 11.4. The molecule has 0 aliphatic carbocycles. The van der Waals surface area contributed by atoms with Gasteiger partial charge in [-0.3, -0.25) is 5.43 Å². The zero-order valence-corrected chi connectivity index (χ0v) is 22.1. The minimum Gasteiger partial charge on any atom is -0.493 e. The summed E-state index contributed by atoms with van der Waals surface area (Å²) in [5.74, 6) is 1.73. The molecule has 4 N–H and O–H groups in total. The maximum atomic E-state index is 6.06. The number of aromatic nitrogens is 3. The molecule has 1 fully saturated rings. The van der Waals surface area contributed by atoms with Crippen molar-refractivity contribution in [3.63, 3.8) is 0 Å². The van der Waals surface area contributed by atoms with Crippen molar-refractivity contribution in [1.29, 1.82) is 0 Å². The summed E-state index contributed by atoms with van der Waals surface area (Å²) in [6.07, 6.45) is 1.56. The van der Waals surface area contributed by atoms with Crippen molar-refractivity contribution < 1.29 is 14.2 Å². The number of halogens is 1. The molecule has 4 rings (SSSR count). The molecule has 0 atom stereocenters. The third-order valence-corrected chi connectivity index (χ3v) is 5.79. The molecule has 0 radical (unpaired) electrons. The molecule has 188 valence electrons. The number of hydrogen-bond acceptors (Lipinski definition) is 10. The average Bonchev–Trinajstić information content (AvgIpc) is 2.87. The molecule has 1 aliphatic heterocycles. The Hall–Kier alpha value is -3.55. The van der Waals surface area contributed by atoms with E-state index in [0.717, 1.165) is 21.3 Å². The topological polar surface area (TPSA) is 132 Å². The molecule has 2 aromatic carbocycles. The molecule has 11 nitrogen and oxygen atoms in total. The standard InChI is InChI=1S/C23H25BrN8O3S/c1-14-3-5-17(16(24)11-14)27-21-28-22(32-7-9-34-10-8-32)30-23(29-21)35-18-6-4-15(12-19(18)33-2)13-26-31-20(25)36/h3-6,11-13H,7-10H2,1-2H3,(H3,25,31,36)(H,27,28,29,30)/b26-13-. The number of nitrogens with one attached hydrogen (secondary N) is 2. The Bertz CT molecular complexity index is 1270. The number of aryl methyl sites for hydroxylation is 1. The van der Waals surface area contributed by atoms with Crippen LogP contribution in [0, 0.1) is 6.92 Å². The van der Waals surface area contributed by atoms with Gasteiger partial charge in [0.25, 0.3) is 0 Å². The molecule has 3 aromatic rings. The summed E-state index contributed by atoms with van der Waals surface area (Å²) in [5, 5.41) is 7.29. The number of ether oxygens (including phenoxy) is 3. The number of hydrogen-bond donors (Lipinski definition) is 3. The Morgan fingerprint density at radius 1 is 1.17 bits per heavy atom. The van der Waals surface area contributed by atoms with Crippen LogP contribution in [0.3, 0.4) is 0 Å². The van der Waals surface area contributed by atoms with Crippen molar-refractivity contribution in [1.82, 2.24) is 20.4 Å². The van der Waals surface area contributed by atoms with Crippen molar-refractivity contribution in [3.8, 4) is 17.5 Å². The second-order valence-electron chi connectivity index (χ2n) is 7.70. The van der Waals surface area contributed by atoms with Crippen LogP contribution in [0.15, 0.2) is 46.0 Å². The second-order valence-corrected chi connectivity index (χ2v) is 8.99. The lowest BCUT2D eigenvalue weighted by Crippen LogP contribution is -2.37. The van der Waals surface area contributed by atoms with Gasteiger partial charge in [-0.15, -0.1) is 0 Å². The number of hydrazone groups is 1. The zero-order chi connectivity index (χ0) is 25.5. The summed E-state index contributed by atoms with van der Waals surface area (Å²) in [5.41, 5.74) is 10.6. The van der Waals surface area contributed by atoms with Crippen LogP contribution in [0.25, 0.3) is 0 Å². The van der Waals surface area contributed by atoms with E-state index < -0.39 is 0 Å². The van der Waals surface area contributed by atoms with Gasteiger partial charge in [-0.2, -0.15) is 20.1 Å². The highest BCUT2D eigenvalue weighted by Crippen LogP contribution is 2.32. The van der Waals surface area contributed by atoms with Gasteiger partial charge in [-0.05, 0) is 76.5 Å². The minimum absolute atomic E-state index is 0.0751. The van der Waals surface area contributed by atoms with E-state index >= 15 is 0 Å². The van der Waals surface area contributed by atoms with E-state index in [1.165, 1.54) is 0 Å². The first kappa shape index (κ1) is 25.5. The number of nitrogens with zero attached hydrogens (tertiary/aromatic N) is 5. The van der Waals surface area contributed by atoms with Gasteiger partial charge in [0.2, 0.25) is 11.9 Å². The molecular formula is C23H25BrN8O3S. The summed E-state index contributed by atoms with van der Waals surface area (Å²) in [6.45, 7) is 4.53. The van der Waals surface area contributed by atoms with Gasteiger partial charge >= 0.3 is 6.01 Å². The van der Waals surface area contributed by atoms with Crippen molar-refractivity contribution >= 4 is 57.1 Å². The number of rotatable bonds is 8. The predicted molar refractivity (Wildman–Crippen MR) is 146 cm³/mol. The number of methoxy groups -OCH3 is 1. The summed E-state index contributed by atoms with van der Waals surface area (Å²) in [4.78, 5) is 15.7. The Morgan fingerprint density at radius 2 is 1.97 bits per heavy atom. The summed E-state index contributed by atoms with van der Waals surface area (Å²) < 4.78 is 17.9. The molecule has 1 aliphatic rings. The molecule has 36 heavy (non-hydrogen) atoms. The second kappa shape index (κ2) is 11.9. The largest absolute Gasteiger partial charge is 0.493 e. The van der Waals surface area contributed by atoms with Crippen LogP contribution in [-0.4, -0.2) is 59.7 Å². The fraction of sp³-hybridized carbons (Fsp3) is 0.261. The van der Waals surface area contributed by atoms with E-state index in [1.54, 1.807) is 31.5 Å². The Morgan fingerprint density at radius 3 is 2.69 bits per heavy atom. The predicted octanol–water partition coefficient (Wildman–Crippen LogP) is 3.49. The summed E-state index contributed by atoms with van der Waals surface area (Å²) in [7, 11) is 1.55. The number of anilines is 3. The monoisotopic (exact) mass is 572 g/mol. The Balaban J connectivity index is 1.63. The van der Waals surface area contributed by atoms with Crippen LogP contribution in [-0.2, 0) is 4.74 Å². The first-order chi connectivity index (χ1) is 17.4. The van der Waals surface area contributed by atoms with E-state index in [-0.39, 0.29) is 11.1 Å². The van der Waals surface area contributed by atoms with Crippen molar-refractivity contribution in [2.24, 2.45) is 10.8 Å². The van der Waals surface area contributed by atoms with E-state index in [9.17, 15) is 0 Å². The van der Waals surface area contributed by atoms with Gasteiger partial charge in [0.1, 0.15) is 0 Å². The fourth-order valence-corrected chi connectivity index (χ4v) is 3.96. The van der Waals surface area contributed by atoms with Crippen molar-refractivity contribution in [3.05, 3.63) is 52.0 Å². The van der Waals surface area contributed by atoms with Crippen LogP contribution >= 0.6 is 28.1 Å². The lowest BCUT2D eigenvalue weighted by Gasteiger charge is -2.27. The third-order valence-electron chi connectivity index (χ3n) is 5.05. The van der Waals surface area contributed by atoms with E-state index in [1.807, 2.05) is 30.0 Å². The number of morpholine rings is 1. The van der Waals surface area contributed by atoms with Crippen molar-refractivity contribution in [2.75, 3.05) is 43.6 Å². The lowest BCUT2D eigenvalue weighted by molar-refractivity contribution is 0.122. The maximum absolute atomic E-state index is 6.06. The van der Waals surface area contributed by atoms with E-state index in [4.69, 9.17) is 32.2 Å². The molecule has 0 unspecified atom stereocenters. The number of thiocarbonyl (C=S) groups is 1. The molecule has 1 saturated heterocycles. The molecule has 2 heterocycles. The third kappa shape index (κ3) is 6.77. The van der Waals surface area contributed by atoms with Crippen molar-refractivity contribution in [2.45, 2.75) is 6.92 Å². The van der Waals surface area contributed by atoms with Crippen LogP contribution in [0.2, 0.25) is 0 Å². The molecule has 0 bridgehead atoms. The highest BCUT2D eigenvalue weighted by Gasteiger charge is 2.19. The molecule has 1 aromatic heterocycles. The van der Waals surface area contributed by atoms with Gasteiger partial charge in [-0.1, -0.05) is 6.07 Å². The first-order valence-corrected chi connectivity index (χ1v) is 12.2. The first-order valence-electron chi connectivity index (χ1n) is 11.0. The molecule has 0 spiro atoms. The summed E-state index contributed by atoms with van der Waals surface area (Å²) >= 11 is 8.33. The fourth-order valence-electron chi connectivity index (χ4n) is 3.31. The zero-order valence-electron chi connectivity index (χ0n) is 19.7.